The zero-order valence-corrected chi connectivity index (χ0v) is 13.2. The van der Waals surface area contributed by atoms with Crippen molar-refractivity contribution in [1.82, 2.24) is 14.6 Å². The quantitative estimate of drug-likeness (QED) is 0.776. The number of aliphatic hydroxyl groups excluding tert-OH is 1. The average molecular weight is 317 g/mol. The van der Waals surface area contributed by atoms with Crippen LogP contribution >= 0.6 is 11.6 Å². The number of fused-ring (bicyclic) bond motifs is 1. The van der Waals surface area contributed by atoms with Crippen molar-refractivity contribution in [2.75, 3.05) is 11.9 Å². The summed E-state index contributed by atoms with van der Waals surface area (Å²) in [7, 11) is 0. The molecule has 1 atom stereocenters. The molecular formula is C16H17ClN4O. The number of nitrogens with one attached hydrogen (secondary N) is 1. The summed E-state index contributed by atoms with van der Waals surface area (Å²) in [4.78, 5) is 4.67. The highest BCUT2D eigenvalue weighted by atomic mass is 35.5. The van der Waals surface area contributed by atoms with E-state index < -0.39 is 6.10 Å². The van der Waals surface area contributed by atoms with Crippen LogP contribution in [0, 0.1) is 6.92 Å². The van der Waals surface area contributed by atoms with Crippen LogP contribution in [0.15, 0.2) is 36.5 Å². The first-order chi connectivity index (χ1) is 10.6. The summed E-state index contributed by atoms with van der Waals surface area (Å²) in [6.45, 7) is 4.12. The lowest BCUT2D eigenvalue weighted by molar-refractivity contribution is 0.208. The van der Waals surface area contributed by atoms with Crippen LogP contribution in [-0.4, -0.2) is 32.4 Å². The SMILES string of the molecule is Cc1cnn2c(NC[C@H](C)O)cc(-c3ccccc3Cl)nc12. The van der Waals surface area contributed by atoms with Crippen LogP contribution < -0.4 is 5.32 Å². The molecule has 0 spiro atoms. The van der Waals surface area contributed by atoms with Gasteiger partial charge < -0.3 is 10.4 Å². The Morgan fingerprint density at radius 2 is 2.14 bits per heavy atom. The van der Waals surface area contributed by atoms with E-state index in [0.717, 1.165) is 28.3 Å². The summed E-state index contributed by atoms with van der Waals surface area (Å²) in [6, 6.07) is 9.49. The average Bonchev–Trinajstić information content (AvgIpc) is 2.87. The third-order valence-corrected chi connectivity index (χ3v) is 3.71. The van der Waals surface area contributed by atoms with E-state index >= 15 is 0 Å². The van der Waals surface area contributed by atoms with E-state index in [9.17, 15) is 5.11 Å². The minimum Gasteiger partial charge on any atom is -0.392 e. The zero-order chi connectivity index (χ0) is 15.7. The maximum atomic E-state index is 9.49. The zero-order valence-electron chi connectivity index (χ0n) is 12.4. The van der Waals surface area contributed by atoms with Gasteiger partial charge in [0, 0.05) is 28.8 Å². The second kappa shape index (κ2) is 5.94. The van der Waals surface area contributed by atoms with E-state index in [1.165, 1.54) is 0 Å². The predicted molar refractivity (Wildman–Crippen MR) is 88.3 cm³/mol. The predicted octanol–water partition coefficient (Wildman–Crippen LogP) is 3.15. The monoisotopic (exact) mass is 316 g/mol. The summed E-state index contributed by atoms with van der Waals surface area (Å²) in [5.41, 5.74) is 3.39. The van der Waals surface area contributed by atoms with Crippen molar-refractivity contribution in [1.29, 1.82) is 0 Å². The summed E-state index contributed by atoms with van der Waals surface area (Å²) in [5, 5.41) is 17.7. The summed E-state index contributed by atoms with van der Waals surface area (Å²) in [6.07, 6.45) is 1.32. The van der Waals surface area contributed by atoms with E-state index in [4.69, 9.17) is 11.6 Å². The fourth-order valence-electron chi connectivity index (χ4n) is 2.26. The van der Waals surface area contributed by atoms with Crippen LogP contribution in [0.4, 0.5) is 5.82 Å². The molecule has 0 saturated carbocycles. The highest BCUT2D eigenvalue weighted by Crippen LogP contribution is 2.29. The molecule has 114 valence electrons. The maximum Gasteiger partial charge on any atom is 0.160 e. The second-order valence-corrected chi connectivity index (χ2v) is 5.71. The molecule has 0 fully saturated rings. The number of anilines is 1. The number of benzene rings is 1. The van der Waals surface area contributed by atoms with Crippen molar-refractivity contribution in [3.63, 3.8) is 0 Å². The largest absolute Gasteiger partial charge is 0.392 e. The minimum atomic E-state index is -0.455. The van der Waals surface area contributed by atoms with E-state index in [0.29, 0.717) is 11.6 Å². The van der Waals surface area contributed by atoms with Crippen molar-refractivity contribution < 1.29 is 5.11 Å². The lowest BCUT2D eigenvalue weighted by atomic mass is 10.1. The van der Waals surface area contributed by atoms with Gasteiger partial charge in [-0.3, -0.25) is 0 Å². The number of hydrogen-bond donors (Lipinski definition) is 2. The molecule has 6 heteroatoms. The number of nitrogens with zero attached hydrogens (tertiary/aromatic N) is 3. The molecule has 0 radical (unpaired) electrons. The van der Waals surface area contributed by atoms with Crippen molar-refractivity contribution in [3.8, 4) is 11.3 Å². The van der Waals surface area contributed by atoms with Crippen LogP contribution in [-0.2, 0) is 0 Å². The first-order valence-electron chi connectivity index (χ1n) is 7.08. The van der Waals surface area contributed by atoms with E-state index in [-0.39, 0.29) is 0 Å². The van der Waals surface area contributed by atoms with Gasteiger partial charge in [-0.25, -0.2) is 4.98 Å². The lowest BCUT2D eigenvalue weighted by Gasteiger charge is -2.12. The number of aryl methyl sites for hydroxylation is 1. The second-order valence-electron chi connectivity index (χ2n) is 5.30. The summed E-state index contributed by atoms with van der Waals surface area (Å²) in [5.74, 6) is 0.772. The van der Waals surface area contributed by atoms with Crippen molar-refractivity contribution in [2.45, 2.75) is 20.0 Å². The van der Waals surface area contributed by atoms with Crippen molar-refractivity contribution in [2.24, 2.45) is 0 Å². The number of rotatable bonds is 4. The van der Waals surface area contributed by atoms with Crippen LogP contribution in [0.3, 0.4) is 0 Å². The number of hydrogen-bond acceptors (Lipinski definition) is 4. The topological polar surface area (TPSA) is 62.5 Å². The number of aliphatic hydroxyl groups is 1. The fourth-order valence-corrected chi connectivity index (χ4v) is 2.49. The third kappa shape index (κ3) is 2.77. The normalized spacial score (nSPS) is 12.5. The first kappa shape index (κ1) is 14.8. The molecule has 0 aliphatic carbocycles. The van der Waals surface area contributed by atoms with Gasteiger partial charge in [0.15, 0.2) is 5.65 Å². The standard InChI is InChI=1S/C16H17ClN4O/c1-10-8-19-21-15(18-9-11(2)22)7-14(20-16(10)21)12-5-3-4-6-13(12)17/h3-8,11,18,22H,9H2,1-2H3/t11-/m0/s1. The molecule has 1 aromatic carbocycles. The van der Waals surface area contributed by atoms with Gasteiger partial charge in [0.1, 0.15) is 5.82 Å². The molecule has 3 rings (SSSR count). The molecule has 2 heterocycles. The molecule has 5 nitrogen and oxygen atoms in total. The molecule has 0 saturated heterocycles. The smallest absolute Gasteiger partial charge is 0.160 e. The van der Waals surface area contributed by atoms with Crippen LogP contribution in [0.25, 0.3) is 16.9 Å². The molecule has 22 heavy (non-hydrogen) atoms. The van der Waals surface area contributed by atoms with Gasteiger partial charge in [-0.2, -0.15) is 9.61 Å². The van der Waals surface area contributed by atoms with Gasteiger partial charge in [-0.1, -0.05) is 29.8 Å². The van der Waals surface area contributed by atoms with E-state index in [1.54, 1.807) is 17.6 Å². The highest BCUT2D eigenvalue weighted by molar-refractivity contribution is 6.33. The molecule has 2 aromatic heterocycles. The Hall–Kier alpha value is -2.11. The van der Waals surface area contributed by atoms with Crippen LogP contribution in [0.2, 0.25) is 5.02 Å². The Balaban J connectivity index is 2.15. The number of halogens is 1. The number of aromatic nitrogens is 3. The fraction of sp³-hybridized carbons (Fsp3) is 0.250. The first-order valence-corrected chi connectivity index (χ1v) is 7.46. The molecule has 0 aliphatic heterocycles. The van der Waals surface area contributed by atoms with Gasteiger partial charge in [-0.15, -0.1) is 0 Å². The molecule has 3 aromatic rings. The Morgan fingerprint density at radius 1 is 1.36 bits per heavy atom. The molecular weight excluding hydrogens is 300 g/mol. The molecule has 0 bridgehead atoms. The minimum absolute atomic E-state index is 0.431. The van der Waals surface area contributed by atoms with Crippen LogP contribution in [0.1, 0.15) is 12.5 Å². The molecule has 0 unspecified atom stereocenters. The third-order valence-electron chi connectivity index (χ3n) is 3.38. The van der Waals surface area contributed by atoms with Gasteiger partial charge in [0.25, 0.3) is 0 Å². The molecule has 2 N–H and O–H groups in total. The molecule has 0 aliphatic rings. The Labute approximate surface area is 133 Å². The molecule has 0 amide bonds. The van der Waals surface area contributed by atoms with E-state index in [2.05, 4.69) is 15.4 Å². The summed E-state index contributed by atoms with van der Waals surface area (Å²) < 4.78 is 1.73. The lowest BCUT2D eigenvalue weighted by Crippen LogP contribution is -2.17. The summed E-state index contributed by atoms with van der Waals surface area (Å²) >= 11 is 6.28. The Bertz CT molecular complexity index is 813. The maximum absolute atomic E-state index is 9.49. The van der Waals surface area contributed by atoms with Gasteiger partial charge in [0.2, 0.25) is 0 Å². The van der Waals surface area contributed by atoms with Crippen LogP contribution in [0.5, 0.6) is 0 Å². The Kier molecular flexibility index (Phi) is 4.00. The van der Waals surface area contributed by atoms with Gasteiger partial charge >= 0.3 is 0 Å². The van der Waals surface area contributed by atoms with Gasteiger partial charge in [0.05, 0.1) is 18.0 Å². The van der Waals surface area contributed by atoms with Crippen molar-refractivity contribution in [3.05, 3.63) is 47.1 Å². The van der Waals surface area contributed by atoms with E-state index in [1.807, 2.05) is 37.3 Å². The Morgan fingerprint density at radius 3 is 2.86 bits per heavy atom. The van der Waals surface area contributed by atoms with Crippen molar-refractivity contribution >= 4 is 23.1 Å². The highest BCUT2D eigenvalue weighted by Gasteiger charge is 2.12. The van der Waals surface area contributed by atoms with Gasteiger partial charge in [-0.05, 0) is 19.9 Å².